The van der Waals surface area contributed by atoms with Crippen LogP contribution in [0.4, 0.5) is 5.69 Å². The second-order valence-electron chi connectivity index (χ2n) is 4.71. The van der Waals surface area contributed by atoms with E-state index >= 15 is 0 Å². The van der Waals surface area contributed by atoms with E-state index in [0.29, 0.717) is 12.2 Å². The van der Waals surface area contributed by atoms with Crippen molar-refractivity contribution in [2.24, 2.45) is 0 Å². The average Bonchev–Trinajstić information content (AvgIpc) is 3.03. The molecule has 0 aliphatic heterocycles. The molecule has 3 aromatic rings. The molecular weight excluding hydrogens is 280 g/mol. The van der Waals surface area contributed by atoms with Crippen molar-refractivity contribution in [3.63, 3.8) is 0 Å². The van der Waals surface area contributed by atoms with E-state index in [1.54, 1.807) is 10.9 Å². The Kier molecular flexibility index (Phi) is 3.82. The Balaban J connectivity index is 1.73. The first-order valence-corrected chi connectivity index (χ1v) is 6.74. The molecule has 22 heavy (non-hydrogen) atoms. The molecule has 6 nitrogen and oxygen atoms in total. The number of nitrogens with zero attached hydrogens (tertiary/aromatic N) is 3. The largest absolute Gasteiger partial charge is 0.478 e. The Morgan fingerprint density at radius 3 is 2.77 bits per heavy atom. The summed E-state index contributed by atoms with van der Waals surface area (Å²) in [7, 11) is 0. The fourth-order valence-electron chi connectivity index (χ4n) is 2.09. The lowest BCUT2D eigenvalue weighted by Crippen LogP contribution is -2.06. The van der Waals surface area contributed by atoms with Crippen LogP contribution in [0.25, 0.3) is 5.69 Å². The van der Waals surface area contributed by atoms with Crippen molar-refractivity contribution in [2.45, 2.75) is 6.54 Å². The molecule has 2 aromatic heterocycles. The van der Waals surface area contributed by atoms with E-state index in [2.05, 4.69) is 15.4 Å². The number of carboxylic acid groups (broad SMARTS) is 1. The molecule has 0 fully saturated rings. The summed E-state index contributed by atoms with van der Waals surface area (Å²) >= 11 is 0. The van der Waals surface area contributed by atoms with E-state index in [9.17, 15) is 4.79 Å². The molecule has 3 rings (SSSR count). The highest BCUT2D eigenvalue weighted by Gasteiger charge is 2.09. The number of benzene rings is 1. The highest BCUT2D eigenvalue weighted by molar-refractivity contribution is 5.93. The smallest absolute Gasteiger partial charge is 0.337 e. The van der Waals surface area contributed by atoms with Gasteiger partial charge >= 0.3 is 5.97 Å². The van der Waals surface area contributed by atoms with Gasteiger partial charge in [-0.1, -0.05) is 18.2 Å². The summed E-state index contributed by atoms with van der Waals surface area (Å²) in [5.74, 6) is -0.982. The lowest BCUT2D eigenvalue weighted by Gasteiger charge is -2.07. The minimum Gasteiger partial charge on any atom is -0.478 e. The zero-order valence-corrected chi connectivity index (χ0v) is 11.7. The number of aromatic nitrogens is 3. The van der Waals surface area contributed by atoms with E-state index < -0.39 is 5.97 Å². The Hall–Kier alpha value is -3.15. The zero-order chi connectivity index (χ0) is 15.4. The number of nitrogens with one attached hydrogen (secondary N) is 1. The Morgan fingerprint density at radius 2 is 2.00 bits per heavy atom. The fraction of sp³-hybridized carbons (Fsp3) is 0.0625. The summed E-state index contributed by atoms with van der Waals surface area (Å²) in [5.41, 5.74) is 2.61. The first-order chi connectivity index (χ1) is 10.7. The number of hydrogen-bond acceptors (Lipinski definition) is 4. The first-order valence-electron chi connectivity index (χ1n) is 6.74. The van der Waals surface area contributed by atoms with Crippen LogP contribution >= 0.6 is 0 Å². The van der Waals surface area contributed by atoms with Gasteiger partial charge in [0.25, 0.3) is 0 Å². The van der Waals surface area contributed by atoms with Gasteiger partial charge in [0, 0.05) is 24.5 Å². The van der Waals surface area contributed by atoms with E-state index in [0.717, 1.165) is 11.3 Å². The van der Waals surface area contributed by atoms with Crippen molar-refractivity contribution in [3.05, 3.63) is 72.3 Å². The molecule has 0 atom stereocenters. The summed E-state index contributed by atoms with van der Waals surface area (Å²) < 4.78 is 1.78. The zero-order valence-electron chi connectivity index (χ0n) is 11.7. The summed E-state index contributed by atoms with van der Waals surface area (Å²) in [5, 5.41) is 16.5. The van der Waals surface area contributed by atoms with Gasteiger partial charge in [-0.2, -0.15) is 5.10 Å². The van der Waals surface area contributed by atoms with Gasteiger partial charge in [0.2, 0.25) is 0 Å². The van der Waals surface area contributed by atoms with Gasteiger partial charge in [-0.25, -0.2) is 9.48 Å². The molecule has 2 N–H and O–H groups in total. The van der Waals surface area contributed by atoms with Crippen LogP contribution < -0.4 is 5.32 Å². The molecule has 0 aliphatic carbocycles. The topological polar surface area (TPSA) is 80.0 Å². The SMILES string of the molecule is O=C(O)c1ccncc1NCc1cnn(-c2ccccc2)c1. The number of aromatic carboxylic acids is 1. The van der Waals surface area contributed by atoms with E-state index in [-0.39, 0.29) is 5.56 Å². The number of hydrogen-bond donors (Lipinski definition) is 2. The molecule has 0 spiro atoms. The summed E-state index contributed by atoms with van der Waals surface area (Å²) in [6.45, 7) is 0.471. The van der Waals surface area contributed by atoms with Crippen LogP contribution in [-0.4, -0.2) is 25.8 Å². The van der Waals surface area contributed by atoms with Gasteiger partial charge in [0.05, 0.1) is 29.3 Å². The van der Waals surface area contributed by atoms with Crippen LogP contribution in [0.2, 0.25) is 0 Å². The quantitative estimate of drug-likeness (QED) is 0.756. The van der Waals surface area contributed by atoms with Gasteiger partial charge in [-0.3, -0.25) is 4.98 Å². The maximum atomic E-state index is 11.1. The van der Waals surface area contributed by atoms with Gasteiger partial charge in [0.15, 0.2) is 0 Å². The highest BCUT2D eigenvalue weighted by Crippen LogP contribution is 2.15. The van der Waals surface area contributed by atoms with Crippen molar-refractivity contribution in [1.82, 2.24) is 14.8 Å². The molecule has 110 valence electrons. The van der Waals surface area contributed by atoms with Crippen molar-refractivity contribution >= 4 is 11.7 Å². The highest BCUT2D eigenvalue weighted by atomic mass is 16.4. The van der Waals surface area contributed by atoms with Crippen LogP contribution in [-0.2, 0) is 6.54 Å². The molecule has 0 saturated heterocycles. The van der Waals surface area contributed by atoms with Crippen molar-refractivity contribution in [2.75, 3.05) is 5.32 Å². The third kappa shape index (κ3) is 2.95. The number of rotatable bonds is 5. The number of pyridine rings is 1. The van der Waals surface area contributed by atoms with E-state index in [4.69, 9.17) is 5.11 Å². The number of carbonyl (C=O) groups is 1. The van der Waals surface area contributed by atoms with Crippen LogP contribution in [0.1, 0.15) is 15.9 Å². The van der Waals surface area contributed by atoms with Crippen LogP contribution in [0.3, 0.4) is 0 Å². The van der Waals surface area contributed by atoms with E-state index in [1.807, 2.05) is 36.5 Å². The monoisotopic (exact) mass is 294 g/mol. The van der Waals surface area contributed by atoms with Crippen LogP contribution in [0.5, 0.6) is 0 Å². The van der Waals surface area contributed by atoms with E-state index in [1.165, 1.54) is 18.5 Å². The molecule has 2 heterocycles. The predicted molar refractivity (Wildman–Crippen MR) is 82.1 cm³/mol. The molecule has 0 radical (unpaired) electrons. The van der Waals surface area contributed by atoms with Gasteiger partial charge in [-0.05, 0) is 18.2 Å². The normalized spacial score (nSPS) is 10.4. The number of anilines is 1. The van der Waals surface area contributed by atoms with Crippen molar-refractivity contribution < 1.29 is 9.90 Å². The molecule has 0 aliphatic rings. The Labute approximate surface area is 127 Å². The molecule has 0 amide bonds. The Morgan fingerprint density at radius 1 is 1.18 bits per heavy atom. The lowest BCUT2D eigenvalue weighted by molar-refractivity contribution is 0.0698. The minimum atomic E-state index is -0.982. The molecule has 1 aromatic carbocycles. The third-order valence-corrected chi connectivity index (χ3v) is 3.19. The lowest BCUT2D eigenvalue weighted by atomic mass is 10.2. The molecule has 0 saturated carbocycles. The fourth-order valence-corrected chi connectivity index (χ4v) is 2.09. The summed E-state index contributed by atoms with van der Waals surface area (Å²) in [6, 6.07) is 11.2. The van der Waals surface area contributed by atoms with Crippen molar-refractivity contribution in [1.29, 1.82) is 0 Å². The molecule has 0 bridgehead atoms. The summed E-state index contributed by atoms with van der Waals surface area (Å²) in [4.78, 5) is 15.1. The third-order valence-electron chi connectivity index (χ3n) is 3.19. The first kappa shape index (κ1) is 13.8. The second kappa shape index (κ2) is 6.09. The van der Waals surface area contributed by atoms with Gasteiger partial charge in [-0.15, -0.1) is 0 Å². The average molecular weight is 294 g/mol. The Bertz CT molecular complexity index is 784. The van der Waals surface area contributed by atoms with Crippen LogP contribution in [0, 0.1) is 0 Å². The maximum Gasteiger partial charge on any atom is 0.337 e. The second-order valence-corrected chi connectivity index (χ2v) is 4.71. The molecular formula is C16H14N4O2. The summed E-state index contributed by atoms with van der Waals surface area (Å²) in [6.07, 6.45) is 6.61. The van der Waals surface area contributed by atoms with Crippen LogP contribution in [0.15, 0.2) is 61.2 Å². The molecule has 6 heteroatoms. The van der Waals surface area contributed by atoms with Crippen molar-refractivity contribution in [3.8, 4) is 5.69 Å². The minimum absolute atomic E-state index is 0.199. The predicted octanol–water partition coefficient (Wildman–Crippen LogP) is 2.58. The maximum absolute atomic E-state index is 11.1. The number of carboxylic acids is 1. The molecule has 0 unspecified atom stereocenters. The van der Waals surface area contributed by atoms with Gasteiger partial charge in [0.1, 0.15) is 0 Å². The van der Waals surface area contributed by atoms with Gasteiger partial charge < -0.3 is 10.4 Å². The standard InChI is InChI=1S/C16H14N4O2/c21-16(22)14-6-7-17-10-15(14)18-8-12-9-19-20(11-12)13-4-2-1-3-5-13/h1-7,9-11,18H,8H2,(H,21,22). The number of para-hydroxylation sites is 1.